The van der Waals surface area contributed by atoms with Crippen molar-refractivity contribution >= 4 is 18.3 Å². The van der Waals surface area contributed by atoms with Crippen LogP contribution in [0.4, 0.5) is 0 Å². The quantitative estimate of drug-likeness (QED) is 0.807. The Kier molecular flexibility index (Phi) is 7.75. The summed E-state index contributed by atoms with van der Waals surface area (Å²) < 4.78 is 11.3. The first-order chi connectivity index (χ1) is 12.2. The van der Waals surface area contributed by atoms with Crippen LogP contribution in [0.1, 0.15) is 12.0 Å². The highest BCUT2D eigenvalue weighted by molar-refractivity contribution is 5.85. The standard InChI is InChI=1S/C20H24N2O3.ClH/c21-12-17-10-11-22(13-17)20(23)15-25-19-8-6-18(7-9-19)24-14-16-4-2-1-3-5-16;/h1-9,17H,10-15,21H2;1H. The van der Waals surface area contributed by atoms with E-state index in [-0.39, 0.29) is 24.9 Å². The van der Waals surface area contributed by atoms with Gasteiger partial charge in [-0.2, -0.15) is 0 Å². The molecule has 1 atom stereocenters. The zero-order chi connectivity index (χ0) is 17.5. The summed E-state index contributed by atoms with van der Waals surface area (Å²) in [6, 6.07) is 17.3. The third-order valence-electron chi connectivity index (χ3n) is 4.41. The maximum atomic E-state index is 12.1. The lowest BCUT2D eigenvalue weighted by atomic mass is 10.1. The molecule has 0 spiro atoms. The molecule has 2 aromatic rings. The minimum absolute atomic E-state index is 0. The number of hydrogen-bond acceptors (Lipinski definition) is 4. The second-order valence-corrected chi connectivity index (χ2v) is 6.26. The zero-order valence-corrected chi connectivity index (χ0v) is 15.5. The van der Waals surface area contributed by atoms with E-state index in [4.69, 9.17) is 15.2 Å². The Hall–Kier alpha value is -2.24. The minimum Gasteiger partial charge on any atom is -0.489 e. The molecule has 1 heterocycles. The summed E-state index contributed by atoms with van der Waals surface area (Å²) in [5.41, 5.74) is 6.78. The molecule has 1 aliphatic heterocycles. The number of nitrogens with two attached hydrogens (primary N) is 1. The van der Waals surface area contributed by atoms with E-state index in [1.165, 1.54) is 0 Å². The van der Waals surface area contributed by atoms with Gasteiger partial charge in [-0.3, -0.25) is 4.79 Å². The number of halogens is 1. The number of benzene rings is 2. The first-order valence-corrected chi connectivity index (χ1v) is 8.62. The molecular formula is C20H25ClN2O3. The van der Waals surface area contributed by atoms with Gasteiger partial charge in [0.1, 0.15) is 18.1 Å². The highest BCUT2D eigenvalue weighted by Gasteiger charge is 2.25. The van der Waals surface area contributed by atoms with Crippen LogP contribution in [-0.2, 0) is 11.4 Å². The van der Waals surface area contributed by atoms with Crippen LogP contribution in [0, 0.1) is 5.92 Å². The SMILES string of the molecule is Cl.NCC1CCN(C(=O)COc2ccc(OCc3ccccc3)cc2)C1. The summed E-state index contributed by atoms with van der Waals surface area (Å²) in [4.78, 5) is 14.0. The van der Waals surface area contributed by atoms with Gasteiger partial charge < -0.3 is 20.1 Å². The van der Waals surface area contributed by atoms with E-state index in [1.807, 2.05) is 59.5 Å². The normalized spacial score (nSPS) is 16.0. The molecule has 0 saturated carbocycles. The Morgan fingerprint density at radius 2 is 1.69 bits per heavy atom. The summed E-state index contributed by atoms with van der Waals surface area (Å²) in [5, 5.41) is 0. The van der Waals surface area contributed by atoms with Crippen molar-refractivity contribution in [1.82, 2.24) is 4.90 Å². The van der Waals surface area contributed by atoms with Gasteiger partial charge in [-0.05, 0) is 48.7 Å². The third-order valence-corrected chi connectivity index (χ3v) is 4.41. The van der Waals surface area contributed by atoms with E-state index < -0.39 is 0 Å². The number of nitrogens with zero attached hydrogens (tertiary/aromatic N) is 1. The van der Waals surface area contributed by atoms with E-state index in [0.29, 0.717) is 24.8 Å². The molecule has 6 heteroatoms. The first kappa shape index (κ1) is 20.1. The topological polar surface area (TPSA) is 64.8 Å². The van der Waals surface area contributed by atoms with Gasteiger partial charge in [0.2, 0.25) is 0 Å². The molecule has 5 nitrogen and oxygen atoms in total. The van der Waals surface area contributed by atoms with E-state index in [1.54, 1.807) is 0 Å². The highest BCUT2D eigenvalue weighted by Crippen LogP contribution is 2.19. The lowest BCUT2D eigenvalue weighted by molar-refractivity contribution is -0.132. The average molecular weight is 377 g/mol. The molecule has 1 saturated heterocycles. The van der Waals surface area contributed by atoms with Crippen LogP contribution < -0.4 is 15.2 Å². The fourth-order valence-corrected chi connectivity index (χ4v) is 2.86. The van der Waals surface area contributed by atoms with Crippen LogP contribution in [0.25, 0.3) is 0 Å². The molecule has 1 unspecified atom stereocenters. The molecule has 2 N–H and O–H groups in total. The summed E-state index contributed by atoms with van der Waals surface area (Å²) in [6.45, 7) is 2.73. The number of amides is 1. The summed E-state index contributed by atoms with van der Waals surface area (Å²) in [5.74, 6) is 1.87. The van der Waals surface area contributed by atoms with Gasteiger partial charge in [-0.1, -0.05) is 30.3 Å². The lowest BCUT2D eigenvalue weighted by Crippen LogP contribution is -2.33. The number of ether oxygens (including phenoxy) is 2. The number of carbonyl (C=O) groups excluding carboxylic acids is 1. The van der Waals surface area contributed by atoms with Gasteiger partial charge in [-0.15, -0.1) is 12.4 Å². The Morgan fingerprint density at radius 1 is 1.04 bits per heavy atom. The van der Waals surface area contributed by atoms with Crippen molar-refractivity contribution in [2.45, 2.75) is 13.0 Å². The molecule has 0 bridgehead atoms. The van der Waals surface area contributed by atoms with Gasteiger partial charge in [0.25, 0.3) is 5.91 Å². The van der Waals surface area contributed by atoms with Crippen LogP contribution in [0.15, 0.2) is 54.6 Å². The molecule has 140 valence electrons. The largest absolute Gasteiger partial charge is 0.489 e. The molecular weight excluding hydrogens is 352 g/mol. The van der Waals surface area contributed by atoms with Crippen LogP contribution in [0.5, 0.6) is 11.5 Å². The molecule has 1 fully saturated rings. The fourth-order valence-electron chi connectivity index (χ4n) is 2.86. The predicted octanol–water partition coefficient (Wildman–Crippen LogP) is 2.87. The van der Waals surface area contributed by atoms with Gasteiger partial charge in [0, 0.05) is 13.1 Å². The van der Waals surface area contributed by atoms with E-state index in [9.17, 15) is 4.79 Å². The van der Waals surface area contributed by atoms with Gasteiger partial charge >= 0.3 is 0 Å². The monoisotopic (exact) mass is 376 g/mol. The molecule has 2 aromatic carbocycles. The maximum Gasteiger partial charge on any atom is 0.260 e. The summed E-state index contributed by atoms with van der Waals surface area (Å²) >= 11 is 0. The van der Waals surface area contributed by atoms with Crippen molar-refractivity contribution in [1.29, 1.82) is 0 Å². The summed E-state index contributed by atoms with van der Waals surface area (Å²) in [6.07, 6.45) is 0.982. The fraction of sp³-hybridized carbons (Fsp3) is 0.350. The Bertz CT molecular complexity index is 679. The minimum atomic E-state index is 0. The van der Waals surface area contributed by atoms with Crippen molar-refractivity contribution in [2.24, 2.45) is 11.7 Å². The van der Waals surface area contributed by atoms with Crippen molar-refractivity contribution in [3.05, 3.63) is 60.2 Å². The molecule has 0 radical (unpaired) electrons. The number of carbonyl (C=O) groups is 1. The molecule has 0 aliphatic carbocycles. The number of rotatable bonds is 7. The zero-order valence-electron chi connectivity index (χ0n) is 14.7. The van der Waals surface area contributed by atoms with Crippen molar-refractivity contribution in [3.8, 4) is 11.5 Å². The highest BCUT2D eigenvalue weighted by atomic mass is 35.5. The summed E-state index contributed by atoms with van der Waals surface area (Å²) in [7, 11) is 0. The van der Waals surface area contributed by atoms with Crippen molar-refractivity contribution in [3.63, 3.8) is 0 Å². The number of likely N-dealkylation sites (tertiary alicyclic amines) is 1. The Labute approximate surface area is 160 Å². The van der Waals surface area contributed by atoms with Crippen LogP contribution in [0.3, 0.4) is 0 Å². The van der Waals surface area contributed by atoms with E-state index in [2.05, 4.69) is 0 Å². The van der Waals surface area contributed by atoms with E-state index in [0.717, 1.165) is 30.8 Å². The van der Waals surface area contributed by atoms with Crippen molar-refractivity contribution in [2.75, 3.05) is 26.2 Å². The van der Waals surface area contributed by atoms with E-state index >= 15 is 0 Å². The van der Waals surface area contributed by atoms with Gasteiger partial charge in [0.15, 0.2) is 6.61 Å². The molecule has 1 amide bonds. The lowest BCUT2D eigenvalue weighted by Gasteiger charge is -2.16. The smallest absolute Gasteiger partial charge is 0.260 e. The Balaban J connectivity index is 0.00000243. The van der Waals surface area contributed by atoms with Crippen LogP contribution >= 0.6 is 12.4 Å². The molecule has 1 aliphatic rings. The van der Waals surface area contributed by atoms with Crippen LogP contribution in [0.2, 0.25) is 0 Å². The van der Waals surface area contributed by atoms with Crippen LogP contribution in [-0.4, -0.2) is 37.0 Å². The maximum absolute atomic E-state index is 12.1. The first-order valence-electron chi connectivity index (χ1n) is 8.62. The third kappa shape index (κ3) is 5.64. The average Bonchev–Trinajstić information content (AvgIpc) is 3.15. The molecule has 3 rings (SSSR count). The predicted molar refractivity (Wildman–Crippen MR) is 104 cm³/mol. The Morgan fingerprint density at radius 3 is 2.31 bits per heavy atom. The van der Waals surface area contributed by atoms with Gasteiger partial charge in [-0.25, -0.2) is 0 Å². The second-order valence-electron chi connectivity index (χ2n) is 6.26. The number of hydrogen-bond donors (Lipinski definition) is 1. The molecule has 0 aromatic heterocycles. The van der Waals surface area contributed by atoms with Gasteiger partial charge in [0.05, 0.1) is 0 Å². The second kappa shape index (κ2) is 10.0. The van der Waals surface area contributed by atoms with Crippen molar-refractivity contribution < 1.29 is 14.3 Å². The molecule has 26 heavy (non-hydrogen) atoms.